The number of ketones is 1. The molecular weight excluding hydrogens is 468 g/mol. The number of carbonyl (C=O) groups is 1. The van der Waals surface area contributed by atoms with Crippen LogP contribution >= 0.6 is 0 Å². The third kappa shape index (κ3) is 7.90. The predicted molar refractivity (Wildman–Crippen MR) is 110 cm³/mol. The predicted octanol–water partition coefficient (Wildman–Crippen LogP) is 4.80. The van der Waals surface area contributed by atoms with Crippen molar-refractivity contribution in [2.24, 2.45) is 0 Å². The lowest BCUT2D eigenvalue weighted by Gasteiger charge is -2.13. The standard InChI is InChI=1S/C21H17F6N5O2/c22-20(23,24)12-34-19-31-17(28-11-16(33)9-13-5-2-1-3-6-13)30-18(32-19)29-15-8-4-7-14(10-15)21(25,26)27/h1-8,10H,9,11-12H2,(H2,28,29,30,31,32). The van der Waals surface area contributed by atoms with E-state index in [2.05, 4.69) is 30.3 Å². The Hall–Kier alpha value is -3.90. The zero-order valence-corrected chi connectivity index (χ0v) is 17.2. The van der Waals surface area contributed by atoms with Gasteiger partial charge in [0.25, 0.3) is 0 Å². The lowest BCUT2D eigenvalue weighted by molar-refractivity contribution is -0.154. The van der Waals surface area contributed by atoms with Crippen LogP contribution in [0.2, 0.25) is 0 Å². The van der Waals surface area contributed by atoms with Gasteiger partial charge in [-0.15, -0.1) is 0 Å². The molecule has 1 heterocycles. The fraction of sp³-hybridized carbons (Fsp3) is 0.238. The summed E-state index contributed by atoms with van der Waals surface area (Å²) in [4.78, 5) is 23.4. The van der Waals surface area contributed by atoms with E-state index in [4.69, 9.17) is 0 Å². The summed E-state index contributed by atoms with van der Waals surface area (Å²) in [6.07, 6.45) is -9.20. The van der Waals surface area contributed by atoms with Gasteiger partial charge in [0.2, 0.25) is 11.9 Å². The largest absolute Gasteiger partial charge is 0.454 e. The molecule has 0 spiro atoms. The number of halogens is 6. The van der Waals surface area contributed by atoms with Gasteiger partial charge >= 0.3 is 18.4 Å². The smallest absolute Gasteiger partial charge is 0.422 e. The minimum atomic E-state index is -4.68. The van der Waals surface area contributed by atoms with E-state index in [1.165, 1.54) is 6.07 Å². The van der Waals surface area contributed by atoms with Crippen molar-refractivity contribution in [3.63, 3.8) is 0 Å². The molecule has 0 unspecified atom stereocenters. The molecule has 7 nitrogen and oxygen atoms in total. The number of ether oxygens (including phenoxy) is 1. The van der Waals surface area contributed by atoms with Crippen LogP contribution in [0.3, 0.4) is 0 Å². The van der Waals surface area contributed by atoms with Gasteiger partial charge in [0.15, 0.2) is 12.4 Å². The summed E-state index contributed by atoms with van der Waals surface area (Å²) in [5.41, 5.74) is -0.273. The van der Waals surface area contributed by atoms with Crippen molar-refractivity contribution < 1.29 is 35.9 Å². The molecule has 34 heavy (non-hydrogen) atoms. The lowest BCUT2D eigenvalue weighted by Crippen LogP contribution is -2.21. The van der Waals surface area contributed by atoms with E-state index in [9.17, 15) is 31.1 Å². The topological polar surface area (TPSA) is 89.0 Å². The molecule has 0 saturated carbocycles. The van der Waals surface area contributed by atoms with Gasteiger partial charge in [0.1, 0.15) is 0 Å². The first-order valence-electron chi connectivity index (χ1n) is 9.67. The minimum absolute atomic E-state index is 0.0751. The molecule has 0 saturated heterocycles. The molecule has 0 aliphatic carbocycles. The van der Waals surface area contributed by atoms with Crippen molar-refractivity contribution in [1.29, 1.82) is 0 Å². The van der Waals surface area contributed by atoms with Crippen molar-refractivity contribution >= 4 is 23.4 Å². The van der Waals surface area contributed by atoms with E-state index in [0.29, 0.717) is 0 Å². The molecule has 1 aromatic heterocycles. The average Bonchev–Trinajstić information content (AvgIpc) is 2.76. The Balaban J connectivity index is 1.77. The quantitative estimate of drug-likeness (QED) is 0.421. The molecule has 0 fully saturated rings. The Labute approximate surface area is 189 Å². The van der Waals surface area contributed by atoms with Crippen LogP contribution in [0.1, 0.15) is 11.1 Å². The molecule has 0 atom stereocenters. The molecule has 2 N–H and O–H groups in total. The fourth-order valence-corrected chi connectivity index (χ4v) is 2.67. The molecule has 0 amide bonds. The number of aromatic nitrogens is 3. The Bertz CT molecular complexity index is 1120. The zero-order valence-electron chi connectivity index (χ0n) is 17.2. The first-order valence-corrected chi connectivity index (χ1v) is 9.67. The number of alkyl halides is 6. The van der Waals surface area contributed by atoms with Gasteiger partial charge < -0.3 is 15.4 Å². The van der Waals surface area contributed by atoms with Crippen LogP contribution in [0.5, 0.6) is 6.01 Å². The highest BCUT2D eigenvalue weighted by Crippen LogP contribution is 2.31. The van der Waals surface area contributed by atoms with Crippen molar-refractivity contribution in [3.8, 4) is 6.01 Å². The highest BCUT2D eigenvalue weighted by atomic mass is 19.4. The van der Waals surface area contributed by atoms with E-state index >= 15 is 0 Å². The van der Waals surface area contributed by atoms with Crippen molar-refractivity contribution in [1.82, 2.24) is 15.0 Å². The molecule has 13 heteroatoms. The first-order chi connectivity index (χ1) is 16.0. The van der Waals surface area contributed by atoms with Crippen LogP contribution < -0.4 is 15.4 Å². The van der Waals surface area contributed by atoms with Gasteiger partial charge in [0, 0.05) is 12.1 Å². The number of benzene rings is 2. The molecule has 3 aromatic rings. The number of anilines is 3. The Morgan fingerprint density at radius 2 is 1.59 bits per heavy atom. The van der Waals surface area contributed by atoms with E-state index in [0.717, 1.165) is 23.8 Å². The molecule has 0 aliphatic heterocycles. The first kappa shape index (κ1) is 24.7. The van der Waals surface area contributed by atoms with Crippen molar-refractivity contribution in [2.45, 2.75) is 18.8 Å². The summed E-state index contributed by atoms with van der Waals surface area (Å²) in [6.45, 7) is -1.97. The van der Waals surface area contributed by atoms with E-state index in [1.54, 1.807) is 30.3 Å². The maximum atomic E-state index is 12.9. The fourth-order valence-electron chi connectivity index (χ4n) is 2.67. The number of rotatable bonds is 9. The second kappa shape index (κ2) is 10.4. The summed E-state index contributed by atoms with van der Waals surface area (Å²) < 4.78 is 80.9. The van der Waals surface area contributed by atoms with Crippen LogP contribution in [0.4, 0.5) is 43.9 Å². The molecular formula is C21H17F6N5O2. The van der Waals surface area contributed by atoms with Gasteiger partial charge in [0.05, 0.1) is 12.1 Å². The van der Waals surface area contributed by atoms with Gasteiger partial charge in [-0.1, -0.05) is 36.4 Å². The maximum absolute atomic E-state index is 12.9. The van der Waals surface area contributed by atoms with Crippen LogP contribution in [0.25, 0.3) is 0 Å². The van der Waals surface area contributed by atoms with E-state index < -0.39 is 30.5 Å². The minimum Gasteiger partial charge on any atom is -0.454 e. The van der Waals surface area contributed by atoms with Gasteiger partial charge in [-0.05, 0) is 23.8 Å². The number of Topliss-reactive ketones (excluding diaryl/α,β-unsaturated/α-hetero) is 1. The third-order valence-corrected chi connectivity index (χ3v) is 4.11. The third-order valence-electron chi connectivity index (χ3n) is 4.11. The Morgan fingerprint density at radius 3 is 2.26 bits per heavy atom. The highest BCUT2D eigenvalue weighted by Gasteiger charge is 2.31. The van der Waals surface area contributed by atoms with Crippen LogP contribution in [-0.2, 0) is 17.4 Å². The molecule has 3 rings (SSSR count). The molecule has 0 bridgehead atoms. The van der Waals surface area contributed by atoms with E-state index in [-0.39, 0.29) is 36.3 Å². The molecule has 2 aromatic carbocycles. The summed E-state index contributed by atoms with van der Waals surface area (Å²) >= 11 is 0. The van der Waals surface area contributed by atoms with Crippen molar-refractivity contribution in [2.75, 3.05) is 23.8 Å². The highest BCUT2D eigenvalue weighted by molar-refractivity contribution is 5.84. The summed E-state index contributed by atoms with van der Waals surface area (Å²) in [6, 6.07) is 12.1. The van der Waals surface area contributed by atoms with Gasteiger partial charge in [-0.2, -0.15) is 41.3 Å². The summed E-state index contributed by atoms with van der Waals surface area (Å²) in [5, 5.41) is 5.04. The van der Waals surface area contributed by atoms with Crippen molar-refractivity contribution in [3.05, 3.63) is 65.7 Å². The van der Waals surface area contributed by atoms with E-state index in [1.807, 2.05) is 0 Å². The Morgan fingerprint density at radius 1 is 0.882 bits per heavy atom. The second-order valence-electron chi connectivity index (χ2n) is 6.93. The number of hydrogen-bond donors (Lipinski definition) is 2. The molecule has 180 valence electrons. The van der Waals surface area contributed by atoms with Crippen LogP contribution in [0, 0.1) is 0 Å². The normalized spacial score (nSPS) is 11.7. The van der Waals surface area contributed by atoms with Crippen LogP contribution in [0.15, 0.2) is 54.6 Å². The number of carbonyl (C=O) groups excluding carboxylic acids is 1. The SMILES string of the molecule is O=C(CNc1nc(Nc2cccc(C(F)(F)F)c2)nc(OCC(F)(F)F)n1)Cc1ccccc1. The second-order valence-corrected chi connectivity index (χ2v) is 6.93. The number of hydrogen-bond acceptors (Lipinski definition) is 7. The molecule has 0 aliphatic rings. The zero-order chi connectivity index (χ0) is 24.8. The number of nitrogens with zero attached hydrogens (tertiary/aromatic N) is 3. The molecule has 0 radical (unpaired) electrons. The van der Waals surface area contributed by atoms with Gasteiger partial charge in [-0.3, -0.25) is 4.79 Å². The number of nitrogens with one attached hydrogen (secondary N) is 2. The maximum Gasteiger partial charge on any atom is 0.422 e. The average molecular weight is 485 g/mol. The summed E-state index contributed by atoms with van der Waals surface area (Å²) in [7, 11) is 0. The lowest BCUT2D eigenvalue weighted by atomic mass is 10.1. The summed E-state index contributed by atoms with van der Waals surface area (Å²) in [5.74, 6) is -0.954. The Kier molecular flexibility index (Phi) is 7.54. The van der Waals surface area contributed by atoms with Crippen LogP contribution in [-0.4, -0.2) is 40.1 Å². The van der Waals surface area contributed by atoms with Gasteiger partial charge in [-0.25, -0.2) is 0 Å². The monoisotopic (exact) mass is 485 g/mol.